The van der Waals surface area contributed by atoms with Crippen molar-refractivity contribution >= 4 is 5.96 Å². The van der Waals surface area contributed by atoms with Gasteiger partial charge in [-0.25, -0.2) is 4.39 Å². The predicted octanol–water partition coefficient (Wildman–Crippen LogP) is 2.73. The molecule has 0 saturated carbocycles. The summed E-state index contributed by atoms with van der Waals surface area (Å²) in [7, 11) is 1.58. The number of benzene rings is 1. The van der Waals surface area contributed by atoms with Gasteiger partial charge >= 0.3 is 6.18 Å². The SMILES string of the molecule is CN=C(NCCCOCC(F)(F)F)NCC(C)Oc1ccc(F)cc1. The topological polar surface area (TPSA) is 54.9 Å². The molecule has 2 N–H and O–H groups in total. The lowest BCUT2D eigenvalue weighted by Crippen LogP contribution is -2.42. The number of hydrogen-bond donors (Lipinski definition) is 2. The molecule has 0 amide bonds. The number of alkyl halides is 3. The van der Waals surface area contributed by atoms with E-state index >= 15 is 0 Å². The third-order valence-electron chi connectivity index (χ3n) is 2.96. The van der Waals surface area contributed by atoms with Crippen LogP contribution in [0.1, 0.15) is 13.3 Å². The molecule has 0 aliphatic carbocycles. The van der Waals surface area contributed by atoms with E-state index in [1.54, 1.807) is 19.2 Å². The summed E-state index contributed by atoms with van der Waals surface area (Å²) in [4.78, 5) is 4.00. The highest BCUT2D eigenvalue weighted by Gasteiger charge is 2.27. The Kier molecular flexibility index (Phi) is 9.04. The number of aliphatic imine (C=N–C) groups is 1. The summed E-state index contributed by atoms with van der Waals surface area (Å²) >= 11 is 0. The van der Waals surface area contributed by atoms with Gasteiger partial charge in [0.1, 0.15) is 24.3 Å². The third-order valence-corrected chi connectivity index (χ3v) is 2.96. The third kappa shape index (κ3) is 10.4. The standard InChI is InChI=1S/C16H23F4N3O2/c1-12(25-14-6-4-13(17)5-7-14)10-23-15(21-2)22-8-3-9-24-11-16(18,19)20/h4-7,12H,3,8-11H2,1-2H3,(H2,21,22,23). The molecule has 1 unspecified atom stereocenters. The summed E-state index contributed by atoms with van der Waals surface area (Å²) in [6.45, 7) is 1.48. The number of rotatable bonds is 9. The molecular weight excluding hydrogens is 342 g/mol. The van der Waals surface area contributed by atoms with Crippen LogP contribution in [0.3, 0.4) is 0 Å². The van der Waals surface area contributed by atoms with Crippen LogP contribution in [0, 0.1) is 5.82 Å². The maximum Gasteiger partial charge on any atom is 0.411 e. The van der Waals surface area contributed by atoms with Gasteiger partial charge in [0.25, 0.3) is 0 Å². The Hall–Kier alpha value is -2.03. The van der Waals surface area contributed by atoms with E-state index in [1.165, 1.54) is 12.1 Å². The van der Waals surface area contributed by atoms with Crippen molar-refractivity contribution in [3.8, 4) is 5.75 Å². The van der Waals surface area contributed by atoms with Gasteiger partial charge in [-0.15, -0.1) is 0 Å². The molecule has 1 atom stereocenters. The summed E-state index contributed by atoms with van der Waals surface area (Å²) in [5.74, 6) is 0.729. The molecule has 1 aromatic rings. The van der Waals surface area contributed by atoms with E-state index in [0.717, 1.165) is 0 Å². The summed E-state index contributed by atoms with van der Waals surface area (Å²) < 4.78 is 58.6. The van der Waals surface area contributed by atoms with Crippen LogP contribution in [0.25, 0.3) is 0 Å². The molecular formula is C16H23F4N3O2. The zero-order valence-electron chi connectivity index (χ0n) is 14.2. The Labute approximate surface area is 144 Å². The van der Waals surface area contributed by atoms with Gasteiger partial charge in [-0.05, 0) is 37.6 Å². The molecule has 0 heterocycles. The lowest BCUT2D eigenvalue weighted by molar-refractivity contribution is -0.173. The van der Waals surface area contributed by atoms with E-state index < -0.39 is 12.8 Å². The molecule has 25 heavy (non-hydrogen) atoms. The minimum absolute atomic E-state index is 0.00752. The van der Waals surface area contributed by atoms with Gasteiger partial charge in [0.15, 0.2) is 5.96 Å². The first-order chi connectivity index (χ1) is 11.8. The van der Waals surface area contributed by atoms with Gasteiger partial charge in [-0.3, -0.25) is 4.99 Å². The van der Waals surface area contributed by atoms with E-state index in [-0.39, 0.29) is 18.5 Å². The number of halogens is 4. The van der Waals surface area contributed by atoms with Crippen molar-refractivity contribution in [3.05, 3.63) is 30.1 Å². The van der Waals surface area contributed by atoms with Crippen molar-refractivity contribution in [2.24, 2.45) is 4.99 Å². The van der Waals surface area contributed by atoms with Gasteiger partial charge < -0.3 is 20.1 Å². The summed E-state index contributed by atoms with van der Waals surface area (Å²) in [5, 5.41) is 6.00. The highest BCUT2D eigenvalue weighted by atomic mass is 19.4. The molecule has 9 heteroatoms. The number of ether oxygens (including phenoxy) is 2. The second-order valence-corrected chi connectivity index (χ2v) is 5.28. The fraction of sp³-hybridized carbons (Fsp3) is 0.562. The molecule has 5 nitrogen and oxygen atoms in total. The van der Waals surface area contributed by atoms with Gasteiger partial charge in [-0.2, -0.15) is 13.2 Å². The van der Waals surface area contributed by atoms with Crippen molar-refractivity contribution in [1.29, 1.82) is 0 Å². The first-order valence-corrected chi connectivity index (χ1v) is 7.81. The van der Waals surface area contributed by atoms with Crippen LogP contribution in [-0.4, -0.2) is 51.6 Å². The highest BCUT2D eigenvalue weighted by molar-refractivity contribution is 5.79. The smallest absolute Gasteiger partial charge is 0.411 e. The van der Waals surface area contributed by atoms with Crippen LogP contribution < -0.4 is 15.4 Å². The minimum Gasteiger partial charge on any atom is -0.489 e. The van der Waals surface area contributed by atoms with Crippen molar-refractivity contribution in [2.75, 3.05) is 33.4 Å². The maximum atomic E-state index is 12.8. The number of guanidine groups is 1. The van der Waals surface area contributed by atoms with Crippen LogP contribution in [0.15, 0.2) is 29.3 Å². The molecule has 0 aliphatic rings. The van der Waals surface area contributed by atoms with Crippen molar-refractivity contribution in [1.82, 2.24) is 10.6 Å². The fourth-order valence-corrected chi connectivity index (χ4v) is 1.82. The van der Waals surface area contributed by atoms with E-state index in [0.29, 0.717) is 31.2 Å². The minimum atomic E-state index is -4.30. The maximum absolute atomic E-state index is 12.8. The van der Waals surface area contributed by atoms with Gasteiger partial charge in [0, 0.05) is 20.2 Å². The molecule has 0 bridgehead atoms. The van der Waals surface area contributed by atoms with Crippen LogP contribution in [0.2, 0.25) is 0 Å². The van der Waals surface area contributed by atoms with Crippen molar-refractivity contribution in [3.63, 3.8) is 0 Å². The summed E-state index contributed by atoms with van der Waals surface area (Å²) in [6, 6.07) is 5.72. The van der Waals surface area contributed by atoms with E-state index in [4.69, 9.17) is 4.74 Å². The zero-order valence-corrected chi connectivity index (χ0v) is 14.2. The monoisotopic (exact) mass is 365 g/mol. The average molecular weight is 365 g/mol. The molecule has 1 aromatic carbocycles. The lowest BCUT2D eigenvalue weighted by atomic mass is 10.3. The number of nitrogens with one attached hydrogen (secondary N) is 2. The predicted molar refractivity (Wildman–Crippen MR) is 87.3 cm³/mol. The summed E-state index contributed by atoms with van der Waals surface area (Å²) in [5.41, 5.74) is 0. The molecule has 0 aromatic heterocycles. The first-order valence-electron chi connectivity index (χ1n) is 7.81. The van der Waals surface area contributed by atoms with Crippen LogP contribution >= 0.6 is 0 Å². The van der Waals surface area contributed by atoms with Crippen LogP contribution in [0.4, 0.5) is 17.6 Å². The number of nitrogens with zero attached hydrogens (tertiary/aromatic N) is 1. The molecule has 1 rings (SSSR count). The van der Waals surface area contributed by atoms with Gasteiger partial charge in [0.2, 0.25) is 0 Å². The number of hydrogen-bond acceptors (Lipinski definition) is 3. The zero-order chi connectivity index (χ0) is 18.7. The molecule has 0 fully saturated rings. The molecule has 0 spiro atoms. The Balaban J connectivity index is 2.17. The van der Waals surface area contributed by atoms with Gasteiger partial charge in [-0.1, -0.05) is 0 Å². The quantitative estimate of drug-likeness (QED) is 0.306. The molecule has 0 radical (unpaired) electrons. The fourth-order valence-electron chi connectivity index (χ4n) is 1.82. The molecule has 0 aliphatic heterocycles. The Morgan fingerprint density at radius 2 is 1.88 bits per heavy atom. The van der Waals surface area contributed by atoms with Crippen molar-refractivity contribution < 1.29 is 27.0 Å². The van der Waals surface area contributed by atoms with Crippen molar-refractivity contribution in [2.45, 2.75) is 25.6 Å². The average Bonchev–Trinajstić information content (AvgIpc) is 2.54. The Bertz CT molecular complexity index is 521. The Morgan fingerprint density at radius 3 is 2.48 bits per heavy atom. The second-order valence-electron chi connectivity index (χ2n) is 5.28. The first kappa shape index (κ1) is 21.0. The molecule has 0 saturated heterocycles. The summed E-state index contributed by atoms with van der Waals surface area (Å²) in [6.07, 6.45) is -4.08. The highest BCUT2D eigenvalue weighted by Crippen LogP contribution is 2.14. The second kappa shape index (κ2) is 10.8. The van der Waals surface area contributed by atoms with Crippen LogP contribution in [0.5, 0.6) is 5.75 Å². The molecule has 142 valence electrons. The largest absolute Gasteiger partial charge is 0.489 e. The lowest BCUT2D eigenvalue weighted by Gasteiger charge is -2.17. The van der Waals surface area contributed by atoms with E-state index in [1.807, 2.05) is 6.92 Å². The van der Waals surface area contributed by atoms with Gasteiger partial charge in [0.05, 0.1) is 6.54 Å². The van der Waals surface area contributed by atoms with E-state index in [2.05, 4.69) is 20.4 Å². The normalized spacial score (nSPS) is 13.4. The Morgan fingerprint density at radius 1 is 1.20 bits per heavy atom. The van der Waals surface area contributed by atoms with Crippen LogP contribution in [-0.2, 0) is 4.74 Å². The van der Waals surface area contributed by atoms with E-state index in [9.17, 15) is 17.6 Å².